The molecule has 0 aliphatic carbocycles. The molecule has 1 atom stereocenters. The highest BCUT2D eigenvalue weighted by Gasteiger charge is 2.18. The predicted octanol–water partition coefficient (Wildman–Crippen LogP) is 2.05. The van der Waals surface area contributed by atoms with Crippen molar-refractivity contribution in [2.45, 2.75) is 17.2 Å². The molecule has 1 aromatic carbocycles. The number of thioether (sulfide) groups is 1. The van der Waals surface area contributed by atoms with E-state index in [-0.39, 0.29) is 17.7 Å². The molecule has 24 heavy (non-hydrogen) atoms. The van der Waals surface area contributed by atoms with Gasteiger partial charge in [-0.1, -0.05) is 35.9 Å². The minimum Gasteiger partial charge on any atom is -0.344 e. The number of hydrogen-bond acceptors (Lipinski definition) is 5. The normalized spacial score (nSPS) is 11.8. The van der Waals surface area contributed by atoms with Crippen LogP contribution in [0.15, 0.2) is 47.9 Å². The van der Waals surface area contributed by atoms with Gasteiger partial charge >= 0.3 is 0 Å². The molecule has 1 N–H and O–H groups in total. The number of nitrogens with zero attached hydrogens (tertiary/aromatic N) is 4. The number of nitrogens with one attached hydrogen (secondary N) is 1. The number of terminal acetylenes is 1. The number of aromatic nitrogens is 4. The summed E-state index contributed by atoms with van der Waals surface area (Å²) in [5.41, 5.74) is 1.62. The Morgan fingerprint density at radius 3 is 2.92 bits per heavy atom. The lowest BCUT2D eigenvalue weighted by molar-refractivity contribution is -0.120. The fourth-order valence-corrected chi connectivity index (χ4v) is 3.08. The lowest BCUT2D eigenvalue weighted by Crippen LogP contribution is -2.31. The molecule has 0 aliphatic heterocycles. The summed E-state index contributed by atoms with van der Waals surface area (Å²) in [6, 6.07) is 9.74. The quantitative estimate of drug-likeness (QED) is 0.438. The Bertz CT molecular complexity index is 900. The lowest BCUT2D eigenvalue weighted by Gasteiger charge is -2.10. The van der Waals surface area contributed by atoms with Crippen molar-refractivity contribution in [2.24, 2.45) is 0 Å². The van der Waals surface area contributed by atoms with Crippen molar-refractivity contribution in [3.05, 3.63) is 42.9 Å². The number of fused-ring (bicyclic) bond motifs is 1. The standard InChI is InChI=1S/C17H15N5OS/c1-3-9-18-16(23)12(2)24-17-14-10-21-22(15(14)19-11-20-17)13-7-5-4-6-8-13/h1,4-8,10-12H,9H2,2H3,(H,18,23). The first-order valence-electron chi connectivity index (χ1n) is 7.32. The van der Waals surface area contributed by atoms with Crippen molar-refractivity contribution in [1.29, 1.82) is 0 Å². The number of benzene rings is 1. The molecule has 0 saturated heterocycles. The molecular weight excluding hydrogens is 322 g/mol. The molecule has 6 nitrogen and oxygen atoms in total. The van der Waals surface area contributed by atoms with Crippen molar-refractivity contribution < 1.29 is 4.79 Å². The molecule has 7 heteroatoms. The topological polar surface area (TPSA) is 72.7 Å². The fraction of sp³-hybridized carbons (Fsp3) is 0.176. The van der Waals surface area contributed by atoms with Crippen LogP contribution in [0.5, 0.6) is 0 Å². The van der Waals surface area contributed by atoms with Crippen LogP contribution in [0.1, 0.15) is 6.92 Å². The molecule has 0 spiro atoms. The Hall–Kier alpha value is -2.85. The second-order valence-corrected chi connectivity index (χ2v) is 6.32. The van der Waals surface area contributed by atoms with Gasteiger partial charge in [-0.25, -0.2) is 14.6 Å². The van der Waals surface area contributed by atoms with Crippen LogP contribution in [-0.4, -0.2) is 37.5 Å². The monoisotopic (exact) mass is 337 g/mol. The Balaban J connectivity index is 1.90. The van der Waals surface area contributed by atoms with Gasteiger partial charge in [0.05, 0.1) is 29.1 Å². The van der Waals surface area contributed by atoms with E-state index in [1.165, 1.54) is 18.1 Å². The van der Waals surface area contributed by atoms with Crippen LogP contribution in [0, 0.1) is 12.3 Å². The maximum atomic E-state index is 12.0. The Labute approximate surface area is 143 Å². The third kappa shape index (κ3) is 3.24. The van der Waals surface area contributed by atoms with E-state index >= 15 is 0 Å². The van der Waals surface area contributed by atoms with Crippen LogP contribution in [0.4, 0.5) is 0 Å². The van der Waals surface area contributed by atoms with Gasteiger partial charge in [0.1, 0.15) is 11.4 Å². The molecule has 3 rings (SSSR count). The van der Waals surface area contributed by atoms with Gasteiger partial charge in [-0.3, -0.25) is 4.79 Å². The van der Waals surface area contributed by atoms with Gasteiger partial charge in [-0.05, 0) is 19.1 Å². The molecule has 0 radical (unpaired) electrons. The van der Waals surface area contributed by atoms with E-state index in [1.807, 2.05) is 37.3 Å². The van der Waals surface area contributed by atoms with E-state index in [4.69, 9.17) is 6.42 Å². The fourth-order valence-electron chi connectivity index (χ4n) is 2.18. The van der Waals surface area contributed by atoms with E-state index in [9.17, 15) is 4.79 Å². The smallest absolute Gasteiger partial charge is 0.234 e. The minimum absolute atomic E-state index is 0.125. The van der Waals surface area contributed by atoms with Crippen LogP contribution >= 0.6 is 11.8 Å². The van der Waals surface area contributed by atoms with Crippen molar-refractivity contribution in [3.8, 4) is 18.0 Å². The molecule has 1 amide bonds. The zero-order valence-corrected chi connectivity index (χ0v) is 13.8. The highest BCUT2D eigenvalue weighted by Crippen LogP contribution is 2.28. The molecule has 0 aliphatic rings. The first-order valence-corrected chi connectivity index (χ1v) is 8.20. The van der Waals surface area contributed by atoms with Crippen molar-refractivity contribution in [2.75, 3.05) is 6.54 Å². The SMILES string of the molecule is C#CCNC(=O)C(C)Sc1ncnc2c1cnn2-c1ccccc1. The van der Waals surface area contributed by atoms with Gasteiger partial charge in [0.15, 0.2) is 5.65 Å². The molecule has 0 fully saturated rings. The van der Waals surface area contributed by atoms with E-state index < -0.39 is 0 Å². The average Bonchev–Trinajstić information content (AvgIpc) is 3.05. The zero-order valence-electron chi connectivity index (χ0n) is 13.0. The second kappa shape index (κ2) is 7.15. The summed E-state index contributed by atoms with van der Waals surface area (Å²) in [7, 11) is 0. The predicted molar refractivity (Wildman–Crippen MR) is 93.8 cm³/mol. The van der Waals surface area contributed by atoms with E-state index in [1.54, 1.807) is 10.9 Å². The van der Waals surface area contributed by atoms with Gasteiger partial charge in [-0.15, -0.1) is 6.42 Å². The first-order chi connectivity index (χ1) is 11.7. The summed E-state index contributed by atoms with van der Waals surface area (Å²) in [4.78, 5) is 20.6. The molecule has 0 saturated carbocycles. The molecule has 2 heterocycles. The number of rotatable bonds is 5. The average molecular weight is 337 g/mol. The number of hydrogen-bond donors (Lipinski definition) is 1. The molecule has 3 aromatic rings. The number of amides is 1. The van der Waals surface area contributed by atoms with Crippen LogP contribution in [-0.2, 0) is 4.79 Å². The Morgan fingerprint density at radius 1 is 1.38 bits per heavy atom. The molecule has 120 valence electrons. The number of carbonyl (C=O) groups is 1. The highest BCUT2D eigenvalue weighted by molar-refractivity contribution is 8.00. The Kier molecular flexibility index (Phi) is 4.77. The first kappa shape index (κ1) is 16.0. The lowest BCUT2D eigenvalue weighted by atomic mass is 10.3. The van der Waals surface area contributed by atoms with Crippen LogP contribution in [0.25, 0.3) is 16.7 Å². The molecule has 2 aromatic heterocycles. The summed E-state index contributed by atoms with van der Waals surface area (Å²) in [6.07, 6.45) is 8.36. The van der Waals surface area contributed by atoms with Gasteiger partial charge in [0.2, 0.25) is 5.91 Å². The minimum atomic E-state index is -0.323. The summed E-state index contributed by atoms with van der Waals surface area (Å²) in [5.74, 6) is 2.26. The van der Waals surface area contributed by atoms with Crippen molar-refractivity contribution in [3.63, 3.8) is 0 Å². The van der Waals surface area contributed by atoms with Crippen LogP contribution in [0.3, 0.4) is 0 Å². The van der Waals surface area contributed by atoms with Gasteiger partial charge in [-0.2, -0.15) is 5.10 Å². The molecule has 1 unspecified atom stereocenters. The summed E-state index contributed by atoms with van der Waals surface area (Å²) in [6.45, 7) is 2.03. The number of para-hydroxylation sites is 1. The largest absolute Gasteiger partial charge is 0.344 e. The molecule has 0 bridgehead atoms. The molecular formula is C17H15N5OS. The van der Waals surface area contributed by atoms with E-state index in [0.29, 0.717) is 10.7 Å². The van der Waals surface area contributed by atoms with Crippen LogP contribution < -0.4 is 5.32 Å². The highest BCUT2D eigenvalue weighted by atomic mass is 32.2. The van der Waals surface area contributed by atoms with Crippen molar-refractivity contribution in [1.82, 2.24) is 25.1 Å². The van der Waals surface area contributed by atoms with E-state index in [0.717, 1.165) is 11.1 Å². The Morgan fingerprint density at radius 2 is 2.17 bits per heavy atom. The maximum absolute atomic E-state index is 12.0. The van der Waals surface area contributed by atoms with Gasteiger partial charge in [0.25, 0.3) is 0 Å². The maximum Gasteiger partial charge on any atom is 0.234 e. The van der Waals surface area contributed by atoms with Gasteiger partial charge < -0.3 is 5.32 Å². The summed E-state index contributed by atoms with van der Waals surface area (Å²) in [5, 5.41) is 8.27. The van der Waals surface area contributed by atoms with Crippen molar-refractivity contribution >= 4 is 28.7 Å². The summed E-state index contributed by atoms with van der Waals surface area (Å²) >= 11 is 1.36. The van der Waals surface area contributed by atoms with Gasteiger partial charge in [0, 0.05) is 0 Å². The van der Waals surface area contributed by atoms with E-state index in [2.05, 4.69) is 26.3 Å². The van der Waals surface area contributed by atoms with Crippen LogP contribution in [0.2, 0.25) is 0 Å². The summed E-state index contributed by atoms with van der Waals surface area (Å²) < 4.78 is 1.75. The third-order valence-electron chi connectivity index (χ3n) is 3.35. The second-order valence-electron chi connectivity index (χ2n) is 4.99. The number of carbonyl (C=O) groups excluding carboxylic acids is 1. The zero-order chi connectivity index (χ0) is 16.9. The third-order valence-corrected chi connectivity index (χ3v) is 4.47.